The number of para-hydroxylation sites is 1. The van der Waals surface area contributed by atoms with E-state index in [9.17, 15) is 14.4 Å². The molecule has 0 aliphatic rings. The number of amides is 1. The van der Waals surface area contributed by atoms with Crippen LogP contribution in [0.25, 0.3) is 0 Å². The zero-order valence-electron chi connectivity index (χ0n) is 15.3. The Hall–Kier alpha value is -3.15. The fraction of sp³-hybridized carbons (Fsp3) is 0.286. The molecule has 1 amide bonds. The molecule has 2 aromatic carbocycles. The van der Waals surface area contributed by atoms with Gasteiger partial charge in [-0.25, -0.2) is 4.79 Å². The summed E-state index contributed by atoms with van der Waals surface area (Å²) in [5, 5.41) is 2.30. The van der Waals surface area contributed by atoms with Crippen LogP contribution in [0.4, 0.5) is 5.69 Å². The molecule has 2 aromatic rings. The van der Waals surface area contributed by atoms with Crippen molar-refractivity contribution in [1.29, 1.82) is 0 Å². The molecule has 0 bridgehead atoms. The Bertz CT molecular complexity index is 820. The molecule has 27 heavy (non-hydrogen) atoms. The number of carbonyl (C=O) groups excluding carboxylic acids is 2. The van der Waals surface area contributed by atoms with Crippen molar-refractivity contribution in [2.24, 2.45) is 0 Å². The second-order valence-electron chi connectivity index (χ2n) is 5.89. The lowest BCUT2D eigenvalue weighted by Crippen LogP contribution is -2.27. The maximum atomic E-state index is 12.6. The summed E-state index contributed by atoms with van der Waals surface area (Å²) < 4.78 is 10.5. The van der Waals surface area contributed by atoms with Crippen LogP contribution in [0, 0.1) is 0 Å². The smallest absolute Gasteiger partial charge is 0.397 e. The van der Waals surface area contributed by atoms with Gasteiger partial charge in [-0.1, -0.05) is 56.5 Å². The zero-order chi connectivity index (χ0) is 19.5. The van der Waals surface area contributed by atoms with Crippen LogP contribution in [0.5, 0.6) is 11.5 Å². The third-order valence-electron chi connectivity index (χ3n) is 3.73. The third-order valence-corrected chi connectivity index (χ3v) is 3.73. The summed E-state index contributed by atoms with van der Waals surface area (Å²) in [4.78, 5) is 36.3. The van der Waals surface area contributed by atoms with Gasteiger partial charge in [0.25, 0.3) is 0 Å². The van der Waals surface area contributed by atoms with Crippen LogP contribution in [-0.4, -0.2) is 18.5 Å². The van der Waals surface area contributed by atoms with Gasteiger partial charge in [0.1, 0.15) is 5.75 Å². The lowest BCUT2D eigenvalue weighted by atomic mass is 10.2. The Morgan fingerprint density at radius 3 is 2.37 bits per heavy atom. The van der Waals surface area contributed by atoms with Crippen molar-refractivity contribution in [3.05, 3.63) is 64.8 Å². The molecule has 0 aliphatic carbocycles. The normalized spacial score (nSPS) is 10.1. The monoisotopic (exact) mass is 369 g/mol. The van der Waals surface area contributed by atoms with Gasteiger partial charge in [0.15, 0.2) is 5.75 Å². The first-order valence-electron chi connectivity index (χ1n) is 8.96. The van der Waals surface area contributed by atoms with Gasteiger partial charge in [0, 0.05) is 0 Å². The van der Waals surface area contributed by atoms with E-state index in [0.29, 0.717) is 12.2 Å². The molecule has 1 N–H and O–H groups in total. The molecule has 0 saturated carbocycles. The van der Waals surface area contributed by atoms with E-state index in [0.717, 1.165) is 19.3 Å². The first-order valence-corrected chi connectivity index (χ1v) is 8.96. The molecule has 6 heteroatoms. The van der Waals surface area contributed by atoms with Crippen LogP contribution in [0.3, 0.4) is 0 Å². The number of ether oxygens (including phenoxy) is 2. The summed E-state index contributed by atoms with van der Waals surface area (Å²) in [6, 6.07) is 14.9. The Balaban J connectivity index is 2.02. The Labute approximate surface area is 158 Å². The highest BCUT2D eigenvalue weighted by molar-refractivity contribution is 6.37. The number of hydrogen-bond acceptors (Lipinski definition) is 5. The number of carbonyl (C=O) groups is 2. The summed E-state index contributed by atoms with van der Waals surface area (Å²) >= 11 is 0. The molecule has 0 radical (unpaired) electrons. The molecular formula is C21H23NO5. The average molecular weight is 369 g/mol. The van der Waals surface area contributed by atoms with Gasteiger partial charge in [0.05, 0.1) is 12.3 Å². The molecule has 0 heterocycles. The quantitative estimate of drug-likeness (QED) is 0.433. The minimum Gasteiger partial charge on any atom is -0.459 e. The molecule has 2 rings (SSSR count). The van der Waals surface area contributed by atoms with E-state index in [2.05, 4.69) is 12.2 Å². The van der Waals surface area contributed by atoms with Crippen molar-refractivity contribution in [3.63, 3.8) is 0 Å². The molecule has 0 atom stereocenters. The maximum Gasteiger partial charge on any atom is 0.397 e. The van der Waals surface area contributed by atoms with Crippen molar-refractivity contribution in [2.75, 3.05) is 11.9 Å². The topological polar surface area (TPSA) is 81.7 Å². The van der Waals surface area contributed by atoms with Crippen LogP contribution in [0.1, 0.15) is 32.6 Å². The number of benzene rings is 1. The molecule has 0 aromatic heterocycles. The van der Waals surface area contributed by atoms with E-state index in [-0.39, 0.29) is 18.0 Å². The molecule has 0 saturated heterocycles. The lowest BCUT2D eigenvalue weighted by molar-refractivity contribution is -0.152. The fourth-order valence-corrected chi connectivity index (χ4v) is 2.31. The fourth-order valence-electron chi connectivity index (χ4n) is 2.31. The number of rotatable bonds is 8. The molecule has 0 spiro atoms. The van der Waals surface area contributed by atoms with E-state index >= 15 is 0 Å². The van der Waals surface area contributed by atoms with E-state index < -0.39 is 17.3 Å². The van der Waals surface area contributed by atoms with E-state index in [1.807, 2.05) is 6.07 Å². The molecule has 0 unspecified atom stereocenters. The number of hydrogen-bond donors (Lipinski definition) is 1. The van der Waals surface area contributed by atoms with Gasteiger partial charge in [0.2, 0.25) is 5.43 Å². The van der Waals surface area contributed by atoms with Gasteiger partial charge in [-0.3, -0.25) is 9.59 Å². The summed E-state index contributed by atoms with van der Waals surface area (Å²) in [6.45, 7) is 2.26. The average Bonchev–Trinajstić information content (AvgIpc) is 2.84. The minimum atomic E-state index is -1.01. The first kappa shape index (κ1) is 20.2. The molecule has 0 fully saturated rings. The van der Waals surface area contributed by atoms with Gasteiger partial charge in [-0.2, -0.15) is 0 Å². The number of esters is 1. The second kappa shape index (κ2) is 10.8. The van der Waals surface area contributed by atoms with Crippen molar-refractivity contribution in [2.45, 2.75) is 32.6 Å². The number of anilines is 1. The predicted molar refractivity (Wildman–Crippen MR) is 103 cm³/mol. The molecule has 6 nitrogen and oxygen atoms in total. The van der Waals surface area contributed by atoms with Gasteiger partial charge in [-0.15, -0.1) is 0 Å². The van der Waals surface area contributed by atoms with E-state index in [1.165, 1.54) is 12.1 Å². The summed E-state index contributed by atoms with van der Waals surface area (Å²) in [6.07, 6.45) is 3.76. The van der Waals surface area contributed by atoms with Gasteiger partial charge < -0.3 is 14.8 Å². The summed E-state index contributed by atoms with van der Waals surface area (Å²) in [5.41, 5.74) is -0.591. The van der Waals surface area contributed by atoms with Crippen molar-refractivity contribution in [3.8, 4) is 11.5 Å². The molecule has 142 valence electrons. The highest BCUT2D eigenvalue weighted by Crippen LogP contribution is 2.18. The van der Waals surface area contributed by atoms with Crippen LogP contribution in [0.2, 0.25) is 0 Å². The van der Waals surface area contributed by atoms with Crippen LogP contribution in [-0.2, 0) is 14.3 Å². The summed E-state index contributed by atoms with van der Waals surface area (Å²) in [7, 11) is 0. The van der Waals surface area contributed by atoms with Crippen molar-refractivity contribution < 1.29 is 19.1 Å². The predicted octanol–water partition coefficient (Wildman–Crippen LogP) is 3.90. The first-order chi connectivity index (χ1) is 13.1. The zero-order valence-corrected chi connectivity index (χ0v) is 15.3. The number of unbranched alkanes of at least 4 members (excludes halogenated alkanes) is 3. The molecular weight excluding hydrogens is 346 g/mol. The third kappa shape index (κ3) is 6.58. The second-order valence-corrected chi connectivity index (χ2v) is 5.89. The van der Waals surface area contributed by atoms with Crippen LogP contribution < -0.4 is 15.5 Å². The summed E-state index contributed by atoms with van der Waals surface area (Å²) in [5.74, 6) is -1.47. The highest BCUT2D eigenvalue weighted by atomic mass is 16.5. The van der Waals surface area contributed by atoms with Crippen molar-refractivity contribution >= 4 is 17.6 Å². The van der Waals surface area contributed by atoms with Gasteiger partial charge >= 0.3 is 11.9 Å². The standard InChI is InChI=1S/C21H23NO5/c1-2-3-4-10-15-26-21(25)20(24)22-17-13-8-9-14-18(19(17)23)27-16-11-6-5-7-12-16/h5-9,11-14H,2-4,10,15H2,1H3,(H,22,23,24). The van der Waals surface area contributed by atoms with Crippen LogP contribution >= 0.6 is 0 Å². The largest absolute Gasteiger partial charge is 0.459 e. The van der Waals surface area contributed by atoms with Crippen LogP contribution in [0.15, 0.2) is 59.4 Å². The highest BCUT2D eigenvalue weighted by Gasteiger charge is 2.17. The Morgan fingerprint density at radius 2 is 1.63 bits per heavy atom. The lowest BCUT2D eigenvalue weighted by Gasteiger charge is -2.06. The van der Waals surface area contributed by atoms with E-state index in [1.54, 1.807) is 36.4 Å². The minimum absolute atomic E-state index is 0.0365. The van der Waals surface area contributed by atoms with E-state index in [4.69, 9.17) is 9.47 Å². The molecule has 0 aliphatic heterocycles. The SMILES string of the molecule is CCCCCCOC(=O)C(=O)Nc1ccccc(Oc2ccccc2)c1=O. The Kier molecular flexibility index (Phi) is 8.03. The maximum absolute atomic E-state index is 12.6. The van der Waals surface area contributed by atoms with Gasteiger partial charge in [-0.05, 0) is 30.7 Å². The van der Waals surface area contributed by atoms with Crippen molar-refractivity contribution in [1.82, 2.24) is 0 Å². The Morgan fingerprint density at radius 1 is 0.926 bits per heavy atom. The number of nitrogens with one attached hydrogen (secondary N) is 1.